The van der Waals surface area contributed by atoms with Gasteiger partial charge in [0.15, 0.2) is 0 Å². The van der Waals surface area contributed by atoms with Gasteiger partial charge in [-0.25, -0.2) is 5.43 Å². The molecule has 0 aliphatic heterocycles. The van der Waals surface area contributed by atoms with Crippen LogP contribution in [-0.4, -0.2) is 12.1 Å². The van der Waals surface area contributed by atoms with E-state index in [0.29, 0.717) is 10.8 Å². The van der Waals surface area contributed by atoms with Gasteiger partial charge in [0.2, 0.25) is 0 Å². The van der Waals surface area contributed by atoms with Gasteiger partial charge < -0.3 is 4.74 Å². The zero-order valence-electron chi connectivity index (χ0n) is 15.5. The van der Waals surface area contributed by atoms with Crippen LogP contribution < -0.4 is 10.2 Å². The average molecular weight is 433 g/mol. The molecule has 0 saturated heterocycles. The van der Waals surface area contributed by atoms with E-state index < -0.39 is 17.6 Å². The fourth-order valence-corrected chi connectivity index (χ4v) is 2.74. The molecule has 0 atom stereocenters. The van der Waals surface area contributed by atoms with Crippen molar-refractivity contribution in [2.45, 2.75) is 12.8 Å². The number of benzene rings is 3. The second kappa shape index (κ2) is 9.45. The van der Waals surface area contributed by atoms with Crippen molar-refractivity contribution in [2.24, 2.45) is 5.10 Å². The number of ether oxygens (including phenoxy) is 1. The highest BCUT2D eigenvalue weighted by molar-refractivity contribution is 6.30. The highest BCUT2D eigenvalue weighted by atomic mass is 35.5. The van der Waals surface area contributed by atoms with Crippen molar-refractivity contribution >= 4 is 23.7 Å². The summed E-state index contributed by atoms with van der Waals surface area (Å²) in [7, 11) is 0. The number of nitrogens with zero attached hydrogens (tertiary/aromatic N) is 1. The molecule has 0 bridgehead atoms. The molecular formula is C22H16ClF3N2O2. The van der Waals surface area contributed by atoms with Crippen LogP contribution in [0, 0.1) is 0 Å². The quantitative estimate of drug-likeness (QED) is 0.401. The molecule has 30 heavy (non-hydrogen) atoms. The van der Waals surface area contributed by atoms with Crippen molar-refractivity contribution in [3.63, 3.8) is 0 Å². The number of hydrogen-bond donors (Lipinski definition) is 1. The van der Waals surface area contributed by atoms with Gasteiger partial charge >= 0.3 is 6.18 Å². The zero-order chi connectivity index (χ0) is 21.6. The summed E-state index contributed by atoms with van der Waals surface area (Å²) >= 11 is 5.85. The highest BCUT2D eigenvalue weighted by Crippen LogP contribution is 2.31. The summed E-state index contributed by atoms with van der Waals surface area (Å²) in [6, 6.07) is 18.5. The van der Waals surface area contributed by atoms with Crippen LogP contribution in [0.25, 0.3) is 0 Å². The van der Waals surface area contributed by atoms with Crippen molar-refractivity contribution in [3.05, 3.63) is 100 Å². The van der Waals surface area contributed by atoms with E-state index in [1.807, 2.05) is 0 Å². The molecule has 0 aliphatic carbocycles. The van der Waals surface area contributed by atoms with E-state index in [0.717, 1.165) is 17.8 Å². The number of para-hydroxylation sites is 1. The predicted molar refractivity (Wildman–Crippen MR) is 109 cm³/mol. The third-order valence-corrected chi connectivity index (χ3v) is 4.33. The number of alkyl halides is 3. The standard InChI is InChI=1S/C22H16ClF3N2O2/c23-17-11-9-15(10-12-17)14-30-20-8-4-2-6-18(20)21(29)28-27-13-16-5-1-3-7-19(16)22(24,25)26/h1-13H,14H2,(H,28,29)/b27-13+. The lowest BCUT2D eigenvalue weighted by atomic mass is 10.1. The first-order valence-corrected chi connectivity index (χ1v) is 9.18. The molecule has 0 aromatic heterocycles. The van der Waals surface area contributed by atoms with Gasteiger partial charge in [0, 0.05) is 10.6 Å². The van der Waals surface area contributed by atoms with Crippen molar-refractivity contribution in [1.82, 2.24) is 5.43 Å². The summed E-state index contributed by atoms with van der Waals surface area (Å²) in [6.07, 6.45) is -3.56. The SMILES string of the molecule is O=C(N/N=C/c1ccccc1C(F)(F)F)c1ccccc1OCc1ccc(Cl)cc1. The molecule has 4 nitrogen and oxygen atoms in total. The van der Waals surface area contributed by atoms with Crippen LogP contribution in [0.1, 0.15) is 27.0 Å². The predicted octanol–water partition coefficient (Wildman–Crippen LogP) is 5.70. The van der Waals surface area contributed by atoms with E-state index in [-0.39, 0.29) is 17.7 Å². The minimum absolute atomic E-state index is 0.155. The molecule has 154 valence electrons. The smallest absolute Gasteiger partial charge is 0.417 e. The molecule has 1 amide bonds. The van der Waals surface area contributed by atoms with Gasteiger partial charge in [-0.2, -0.15) is 18.3 Å². The fraction of sp³-hybridized carbons (Fsp3) is 0.0909. The Hall–Kier alpha value is -3.32. The molecular weight excluding hydrogens is 417 g/mol. The van der Waals surface area contributed by atoms with Gasteiger partial charge in [-0.15, -0.1) is 0 Å². The van der Waals surface area contributed by atoms with Gasteiger partial charge in [0.05, 0.1) is 17.3 Å². The summed E-state index contributed by atoms with van der Waals surface area (Å²) in [4.78, 5) is 12.4. The van der Waals surface area contributed by atoms with Gasteiger partial charge in [0.25, 0.3) is 5.91 Å². The van der Waals surface area contributed by atoms with E-state index in [1.54, 1.807) is 42.5 Å². The van der Waals surface area contributed by atoms with Gasteiger partial charge in [-0.1, -0.05) is 54.1 Å². The van der Waals surface area contributed by atoms with Crippen LogP contribution in [0.15, 0.2) is 77.9 Å². The molecule has 1 N–H and O–H groups in total. The number of nitrogens with one attached hydrogen (secondary N) is 1. The van der Waals surface area contributed by atoms with Crippen molar-refractivity contribution < 1.29 is 22.7 Å². The maximum atomic E-state index is 13.0. The Kier molecular flexibility index (Phi) is 6.74. The number of hydrogen-bond acceptors (Lipinski definition) is 3. The number of halogens is 4. The first kappa shape index (κ1) is 21.4. The summed E-state index contributed by atoms with van der Waals surface area (Å²) in [5.41, 5.74) is 2.30. The molecule has 0 heterocycles. The molecule has 8 heteroatoms. The lowest BCUT2D eigenvalue weighted by Gasteiger charge is -2.11. The van der Waals surface area contributed by atoms with Crippen LogP contribution in [0.4, 0.5) is 13.2 Å². The third kappa shape index (κ3) is 5.61. The van der Waals surface area contributed by atoms with E-state index in [2.05, 4.69) is 10.5 Å². The first-order valence-electron chi connectivity index (χ1n) is 8.80. The van der Waals surface area contributed by atoms with E-state index in [1.165, 1.54) is 24.3 Å². The van der Waals surface area contributed by atoms with Crippen LogP contribution in [0.2, 0.25) is 5.02 Å². The molecule has 3 rings (SSSR count). The number of amides is 1. The van der Waals surface area contributed by atoms with Crippen LogP contribution >= 0.6 is 11.6 Å². The Labute approximate surface area is 175 Å². The van der Waals surface area contributed by atoms with Gasteiger partial charge in [-0.05, 0) is 35.9 Å². The van der Waals surface area contributed by atoms with Crippen molar-refractivity contribution in [2.75, 3.05) is 0 Å². The number of carbonyl (C=O) groups excluding carboxylic acids is 1. The first-order chi connectivity index (χ1) is 14.3. The number of carbonyl (C=O) groups is 1. The normalized spacial score (nSPS) is 11.5. The van der Waals surface area contributed by atoms with Crippen LogP contribution in [0.3, 0.4) is 0 Å². The summed E-state index contributed by atoms with van der Waals surface area (Å²) in [5, 5.41) is 4.27. The number of hydrazone groups is 1. The molecule has 3 aromatic carbocycles. The Morgan fingerprint density at radius 1 is 1.00 bits per heavy atom. The zero-order valence-corrected chi connectivity index (χ0v) is 16.2. The fourth-order valence-electron chi connectivity index (χ4n) is 2.61. The third-order valence-electron chi connectivity index (χ3n) is 4.08. The summed E-state index contributed by atoms with van der Waals surface area (Å²) in [5.74, 6) is -0.293. The Bertz CT molecular complexity index is 1050. The topological polar surface area (TPSA) is 50.7 Å². The molecule has 0 unspecified atom stereocenters. The monoisotopic (exact) mass is 432 g/mol. The Morgan fingerprint density at radius 2 is 1.67 bits per heavy atom. The Balaban J connectivity index is 1.69. The largest absolute Gasteiger partial charge is 0.488 e. The molecule has 3 aromatic rings. The Morgan fingerprint density at radius 3 is 2.40 bits per heavy atom. The maximum absolute atomic E-state index is 13.0. The van der Waals surface area contributed by atoms with Crippen LogP contribution in [0.5, 0.6) is 5.75 Å². The molecule has 0 aliphatic rings. The molecule has 0 saturated carbocycles. The lowest BCUT2D eigenvalue weighted by Crippen LogP contribution is -2.19. The molecule has 0 fully saturated rings. The molecule has 0 spiro atoms. The maximum Gasteiger partial charge on any atom is 0.417 e. The summed E-state index contributed by atoms with van der Waals surface area (Å²) < 4.78 is 44.8. The second-order valence-electron chi connectivity index (χ2n) is 6.20. The highest BCUT2D eigenvalue weighted by Gasteiger charge is 2.32. The van der Waals surface area contributed by atoms with E-state index in [9.17, 15) is 18.0 Å². The van der Waals surface area contributed by atoms with E-state index in [4.69, 9.17) is 16.3 Å². The lowest BCUT2D eigenvalue weighted by molar-refractivity contribution is -0.137. The van der Waals surface area contributed by atoms with Crippen LogP contribution in [-0.2, 0) is 12.8 Å². The summed E-state index contributed by atoms with van der Waals surface area (Å²) in [6.45, 7) is 0.212. The molecule has 0 radical (unpaired) electrons. The minimum atomic E-state index is -4.52. The van der Waals surface area contributed by atoms with Gasteiger partial charge in [-0.3, -0.25) is 4.79 Å². The van der Waals surface area contributed by atoms with Crippen molar-refractivity contribution in [1.29, 1.82) is 0 Å². The minimum Gasteiger partial charge on any atom is -0.488 e. The van der Waals surface area contributed by atoms with E-state index >= 15 is 0 Å². The number of rotatable bonds is 6. The van der Waals surface area contributed by atoms with Crippen molar-refractivity contribution in [3.8, 4) is 5.75 Å². The second-order valence-corrected chi connectivity index (χ2v) is 6.63. The van der Waals surface area contributed by atoms with Gasteiger partial charge in [0.1, 0.15) is 12.4 Å². The average Bonchev–Trinajstić information content (AvgIpc) is 2.73.